The molecule has 0 saturated carbocycles. The van der Waals surface area contributed by atoms with E-state index in [1.54, 1.807) is 11.2 Å². The summed E-state index contributed by atoms with van der Waals surface area (Å²) in [6.07, 6.45) is 1.28. The minimum absolute atomic E-state index is 0.465. The van der Waals surface area contributed by atoms with Gasteiger partial charge in [0.25, 0.3) is 0 Å². The fraction of sp³-hybridized carbons (Fsp3) is 0.385. The maximum absolute atomic E-state index is 11.7. The highest BCUT2D eigenvalue weighted by molar-refractivity contribution is 5.83. The zero-order valence-corrected chi connectivity index (χ0v) is 10.8. The quantitative estimate of drug-likeness (QED) is 0.830. The van der Waals surface area contributed by atoms with Crippen molar-refractivity contribution < 1.29 is 9.53 Å². The molecule has 5 heteroatoms. The van der Waals surface area contributed by atoms with Crippen LogP contribution in [0.3, 0.4) is 0 Å². The summed E-state index contributed by atoms with van der Waals surface area (Å²) in [5.74, 6) is 0. The Labute approximate surface area is 106 Å². The van der Waals surface area contributed by atoms with E-state index < -0.39 is 11.7 Å². The highest BCUT2D eigenvalue weighted by atomic mass is 16.6. The molecule has 1 aromatic carbocycles. The molecule has 0 spiro atoms. The van der Waals surface area contributed by atoms with Gasteiger partial charge in [0.1, 0.15) is 5.60 Å². The van der Waals surface area contributed by atoms with E-state index in [-0.39, 0.29) is 0 Å². The third-order valence-electron chi connectivity index (χ3n) is 2.29. The summed E-state index contributed by atoms with van der Waals surface area (Å²) in [4.78, 5) is 16.0. The number of hydrazine groups is 1. The summed E-state index contributed by atoms with van der Waals surface area (Å²) < 4.78 is 5.22. The number of fused-ring (bicyclic) bond motifs is 1. The number of benzene rings is 1. The number of aliphatic imine (C=N–C) groups is 1. The van der Waals surface area contributed by atoms with Crippen LogP contribution in [0.2, 0.25) is 0 Å². The first-order valence-electron chi connectivity index (χ1n) is 5.84. The van der Waals surface area contributed by atoms with Gasteiger partial charge < -0.3 is 4.74 Å². The number of ether oxygens (including phenoxy) is 1. The van der Waals surface area contributed by atoms with Gasteiger partial charge in [0, 0.05) is 6.21 Å². The predicted molar refractivity (Wildman–Crippen MR) is 71.3 cm³/mol. The maximum Gasteiger partial charge on any atom is 0.426 e. The Morgan fingerprint density at radius 3 is 2.83 bits per heavy atom. The van der Waals surface area contributed by atoms with Gasteiger partial charge >= 0.3 is 6.09 Å². The predicted octanol–water partition coefficient (Wildman–Crippen LogP) is 2.65. The molecular formula is C13H17N3O2. The van der Waals surface area contributed by atoms with Crippen LogP contribution in [0.1, 0.15) is 20.8 Å². The third-order valence-corrected chi connectivity index (χ3v) is 2.29. The number of amides is 1. The molecule has 0 bridgehead atoms. The van der Waals surface area contributed by atoms with Gasteiger partial charge in [-0.1, -0.05) is 12.1 Å². The van der Waals surface area contributed by atoms with E-state index in [1.165, 1.54) is 0 Å². The first-order valence-corrected chi connectivity index (χ1v) is 5.84. The van der Waals surface area contributed by atoms with Crippen molar-refractivity contribution in [3.8, 4) is 0 Å². The van der Waals surface area contributed by atoms with E-state index in [4.69, 9.17) is 4.74 Å². The van der Waals surface area contributed by atoms with E-state index in [9.17, 15) is 4.79 Å². The van der Waals surface area contributed by atoms with Crippen LogP contribution in [0.4, 0.5) is 16.2 Å². The largest absolute Gasteiger partial charge is 0.443 e. The Morgan fingerprint density at radius 2 is 2.11 bits per heavy atom. The van der Waals surface area contributed by atoms with Crippen molar-refractivity contribution in [2.45, 2.75) is 26.4 Å². The number of anilines is 1. The highest BCUT2D eigenvalue weighted by Crippen LogP contribution is 2.29. The third kappa shape index (κ3) is 3.00. The molecule has 1 heterocycles. The Hall–Kier alpha value is -2.04. The molecule has 1 aliphatic rings. The number of para-hydroxylation sites is 2. The van der Waals surface area contributed by atoms with Crippen molar-refractivity contribution in [3.05, 3.63) is 24.3 Å². The summed E-state index contributed by atoms with van der Waals surface area (Å²) >= 11 is 0. The monoisotopic (exact) mass is 247 g/mol. The normalized spacial score (nSPS) is 14.1. The molecule has 1 N–H and O–H groups in total. The fourth-order valence-electron chi connectivity index (χ4n) is 1.64. The van der Waals surface area contributed by atoms with E-state index >= 15 is 0 Å². The van der Waals surface area contributed by atoms with Crippen LogP contribution in [-0.2, 0) is 4.74 Å². The van der Waals surface area contributed by atoms with Crippen LogP contribution in [-0.4, -0.2) is 24.5 Å². The molecular weight excluding hydrogens is 230 g/mol. The first-order chi connectivity index (χ1) is 8.46. The minimum atomic E-state index is -0.506. The molecule has 18 heavy (non-hydrogen) atoms. The van der Waals surface area contributed by atoms with Gasteiger partial charge in [-0.25, -0.2) is 10.2 Å². The number of nitrogens with one attached hydrogen (secondary N) is 1. The van der Waals surface area contributed by atoms with Crippen LogP contribution in [0.15, 0.2) is 29.3 Å². The zero-order valence-electron chi connectivity index (χ0n) is 10.8. The average molecular weight is 247 g/mol. The lowest BCUT2D eigenvalue weighted by Crippen LogP contribution is -2.46. The number of rotatable bonds is 1. The van der Waals surface area contributed by atoms with Crippen LogP contribution in [0.5, 0.6) is 0 Å². The summed E-state index contributed by atoms with van der Waals surface area (Å²) in [5.41, 5.74) is 3.91. The molecule has 96 valence electrons. The smallest absolute Gasteiger partial charge is 0.426 e. The molecule has 0 radical (unpaired) electrons. The van der Waals surface area contributed by atoms with Gasteiger partial charge in [0.05, 0.1) is 17.9 Å². The summed E-state index contributed by atoms with van der Waals surface area (Å²) in [7, 11) is 0. The second-order valence-corrected chi connectivity index (χ2v) is 5.02. The van der Waals surface area contributed by atoms with Crippen molar-refractivity contribution >= 4 is 23.7 Å². The van der Waals surface area contributed by atoms with E-state index in [2.05, 4.69) is 10.4 Å². The van der Waals surface area contributed by atoms with E-state index in [0.29, 0.717) is 6.54 Å². The van der Waals surface area contributed by atoms with Crippen molar-refractivity contribution in [1.82, 2.24) is 5.43 Å². The second-order valence-electron chi connectivity index (χ2n) is 5.02. The lowest BCUT2D eigenvalue weighted by Gasteiger charge is -2.29. The molecule has 0 saturated heterocycles. The molecule has 0 fully saturated rings. The van der Waals surface area contributed by atoms with E-state index in [1.807, 2.05) is 45.0 Å². The minimum Gasteiger partial charge on any atom is -0.443 e. The van der Waals surface area contributed by atoms with Gasteiger partial charge in [-0.15, -0.1) is 0 Å². The molecule has 2 rings (SSSR count). The molecule has 0 unspecified atom stereocenters. The van der Waals surface area contributed by atoms with Gasteiger partial charge in [-0.3, -0.25) is 10.0 Å². The molecule has 0 aromatic heterocycles. The van der Waals surface area contributed by atoms with Crippen molar-refractivity contribution in [2.75, 3.05) is 11.6 Å². The van der Waals surface area contributed by atoms with Crippen molar-refractivity contribution in [3.63, 3.8) is 0 Å². The van der Waals surface area contributed by atoms with Gasteiger partial charge in [0.2, 0.25) is 0 Å². The molecule has 0 aliphatic carbocycles. The summed E-state index contributed by atoms with van der Waals surface area (Å²) in [5, 5.41) is 1.72. The number of nitrogens with zero attached hydrogens (tertiary/aromatic N) is 2. The van der Waals surface area contributed by atoms with Crippen LogP contribution in [0.25, 0.3) is 0 Å². The van der Waals surface area contributed by atoms with Gasteiger partial charge in [-0.2, -0.15) is 0 Å². The summed E-state index contributed by atoms with van der Waals surface area (Å²) in [6.45, 7) is 6.02. The SMILES string of the molecule is CC(C)(C)OC(=O)NN1CC=Nc2ccccc21. The first kappa shape index (κ1) is 12.4. The Kier molecular flexibility index (Phi) is 3.23. The lowest BCUT2D eigenvalue weighted by atomic mass is 10.2. The molecule has 1 aliphatic heterocycles. The number of hydrogen-bond acceptors (Lipinski definition) is 4. The molecule has 1 aromatic rings. The summed E-state index contributed by atoms with van der Waals surface area (Å²) in [6, 6.07) is 7.62. The van der Waals surface area contributed by atoms with Crippen LogP contribution in [0, 0.1) is 0 Å². The van der Waals surface area contributed by atoms with Crippen LogP contribution < -0.4 is 10.4 Å². The average Bonchev–Trinajstić information content (AvgIpc) is 2.27. The fourth-order valence-corrected chi connectivity index (χ4v) is 1.64. The Morgan fingerprint density at radius 1 is 1.39 bits per heavy atom. The van der Waals surface area contributed by atoms with Gasteiger partial charge in [-0.05, 0) is 32.9 Å². The van der Waals surface area contributed by atoms with Gasteiger partial charge in [0.15, 0.2) is 0 Å². The maximum atomic E-state index is 11.7. The topological polar surface area (TPSA) is 53.9 Å². The zero-order chi connectivity index (χ0) is 13.2. The lowest BCUT2D eigenvalue weighted by molar-refractivity contribution is 0.0523. The number of carbonyl (C=O) groups excluding carboxylic acids is 1. The number of carbonyl (C=O) groups is 1. The Bertz CT molecular complexity index is 477. The van der Waals surface area contributed by atoms with Crippen molar-refractivity contribution in [1.29, 1.82) is 0 Å². The van der Waals surface area contributed by atoms with E-state index in [0.717, 1.165) is 11.4 Å². The van der Waals surface area contributed by atoms with Crippen molar-refractivity contribution in [2.24, 2.45) is 4.99 Å². The Balaban J connectivity index is 2.08. The molecule has 1 amide bonds. The standard InChI is InChI=1S/C13H17N3O2/c1-13(2,3)18-12(17)15-16-9-8-14-10-6-4-5-7-11(10)16/h4-8H,9H2,1-3H3,(H,15,17). The molecule has 5 nitrogen and oxygen atoms in total. The second kappa shape index (κ2) is 4.68. The van der Waals surface area contributed by atoms with Crippen LogP contribution >= 0.6 is 0 Å². The molecule has 0 atom stereocenters. The highest BCUT2D eigenvalue weighted by Gasteiger charge is 2.20. The number of hydrogen-bond donors (Lipinski definition) is 1.